The highest BCUT2D eigenvalue weighted by Gasteiger charge is 2.31. The van der Waals surface area contributed by atoms with E-state index >= 15 is 0 Å². The van der Waals surface area contributed by atoms with Gasteiger partial charge in [-0.3, -0.25) is 10.1 Å². The van der Waals surface area contributed by atoms with E-state index in [-0.39, 0.29) is 33.3 Å². The van der Waals surface area contributed by atoms with Crippen molar-refractivity contribution >= 4 is 31.8 Å². The fourth-order valence-electron chi connectivity index (χ4n) is 3.75. The molecule has 1 amide bonds. The lowest BCUT2D eigenvalue weighted by Crippen LogP contribution is -2.41. The predicted molar refractivity (Wildman–Crippen MR) is 124 cm³/mol. The summed E-state index contributed by atoms with van der Waals surface area (Å²) in [7, 11) is -6.96. The summed E-state index contributed by atoms with van der Waals surface area (Å²) in [5.41, 5.74) is 0.713. The Balaban J connectivity index is 1.45. The number of nitrogens with zero attached hydrogens (tertiary/aromatic N) is 3. The highest BCUT2D eigenvalue weighted by Crippen LogP contribution is 2.26. The molecule has 1 saturated heterocycles. The molecule has 3 aromatic rings. The molecule has 0 bridgehead atoms. The minimum Gasteiger partial charge on any atom is -0.403 e. The monoisotopic (exact) mass is 504 g/mol. The molecule has 1 atom stereocenters. The topological polar surface area (TPSA) is 140 Å². The Bertz CT molecular complexity index is 1400. The van der Waals surface area contributed by atoms with E-state index in [1.165, 1.54) is 52.8 Å². The van der Waals surface area contributed by atoms with Crippen LogP contribution in [0.5, 0.6) is 0 Å². The molecule has 1 unspecified atom stereocenters. The van der Waals surface area contributed by atoms with Crippen molar-refractivity contribution in [3.63, 3.8) is 0 Å². The second kappa shape index (κ2) is 9.28. The number of carbonyl (C=O) groups excluding carboxylic acids is 1. The number of hydrogen-bond donors (Lipinski definition) is 1. The lowest BCUT2D eigenvalue weighted by molar-refractivity contribution is 0.102. The van der Waals surface area contributed by atoms with E-state index in [0.29, 0.717) is 12.1 Å². The van der Waals surface area contributed by atoms with Gasteiger partial charge in [0.25, 0.3) is 5.91 Å². The SMILES string of the molecule is CC1CCCCN1S(=O)(=O)c1ccc(C(=O)Nc2nnc(-c3ccc(S(C)(=O)=O)cc3)o2)cc1. The third-order valence-electron chi connectivity index (χ3n) is 5.64. The summed E-state index contributed by atoms with van der Waals surface area (Å²) < 4.78 is 56.0. The molecule has 1 aliphatic heterocycles. The van der Waals surface area contributed by atoms with Crippen molar-refractivity contribution < 1.29 is 26.0 Å². The molecule has 1 N–H and O–H groups in total. The molecule has 0 spiro atoms. The first-order chi connectivity index (χ1) is 16.1. The summed E-state index contributed by atoms with van der Waals surface area (Å²) in [5, 5.41) is 10.1. The van der Waals surface area contributed by atoms with Gasteiger partial charge in [0, 0.05) is 30.0 Å². The Labute approximate surface area is 198 Å². The van der Waals surface area contributed by atoms with Gasteiger partial charge < -0.3 is 4.42 Å². The van der Waals surface area contributed by atoms with Crippen molar-refractivity contribution in [2.45, 2.75) is 42.0 Å². The van der Waals surface area contributed by atoms with Gasteiger partial charge in [0.15, 0.2) is 9.84 Å². The van der Waals surface area contributed by atoms with Gasteiger partial charge in [-0.25, -0.2) is 16.8 Å². The van der Waals surface area contributed by atoms with Gasteiger partial charge in [-0.15, -0.1) is 5.10 Å². The lowest BCUT2D eigenvalue weighted by atomic mass is 10.1. The number of rotatable bonds is 6. The van der Waals surface area contributed by atoms with Gasteiger partial charge in [0.1, 0.15) is 0 Å². The van der Waals surface area contributed by atoms with Crippen LogP contribution in [0.2, 0.25) is 0 Å². The highest BCUT2D eigenvalue weighted by atomic mass is 32.2. The highest BCUT2D eigenvalue weighted by molar-refractivity contribution is 7.90. The summed E-state index contributed by atoms with van der Waals surface area (Å²) >= 11 is 0. The number of piperidine rings is 1. The van der Waals surface area contributed by atoms with Crippen molar-refractivity contribution in [2.24, 2.45) is 0 Å². The molecule has 180 valence electrons. The summed E-state index contributed by atoms with van der Waals surface area (Å²) in [6.45, 7) is 2.39. The molecule has 0 aliphatic carbocycles. The molecule has 34 heavy (non-hydrogen) atoms. The van der Waals surface area contributed by atoms with Gasteiger partial charge >= 0.3 is 6.01 Å². The average Bonchev–Trinajstić information content (AvgIpc) is 3.27. The van der Waals surface area contributed by atoms with Crippen molar-refractivity contribution in [3.05, 3.63) is 54.1 Å². The molecule has 1 aliphatic rings. The second-order valence-electron chi connectivity index (χ2n) is 8.15. The van der Waals surface area contributed by atoms with Crippen LogP contribution in [0.1, 0.15) is 36.5 Å². The molecular formula is C22H24N4O6S2. The Morgan fingerprint density at radius 3 is 2.24 bits per heavy atom. The molecule has 10 nitrogen and oxygen atoms in total. The third kappa shape index (κ3) is 5.03. The minimum atomic E-state index is -3.63. The molecule has 12 heteroatoms. The maximum Gasteiger partial charge on any atom is 0.322 e. The first-order valence-corrected chi connectivity index (χ1v) is 14.0. The smallest absolute Gasteiger partial charge is 0.322 e. The normalized spacial score (nSPS) is 17.4. The molecule has 2 aromatic carbocycles. The largest absolute Gasteiger partial charge is 0.403 e. The summed E-state index contributed by atoms with van der Waals surface area (Å²) in [6.07, 6.45) is 3.78. The Hall–Kier alpha value is -3.09. The fraction of sp³-hybridized carbons (Fsp3) is 0.318. The Morgan fingerprint density at radius 1 is 0.971 bits per heavy atom. The molecule has 0 radical (unpaired) electrons. The van der Waals surface area contributed by atoms with E-state index in [4.69, 9.17) is 4.42 Å². The van der Waals surface area contributed by atoms with E-state index in [0.717, 1.165) is 25.5 Å². The second-order valence-corrected chi connectivity index (χ2v) is 12.1. The minimum absolute atomic E-state index is 0.0592. The maximum absolute atomic E-state index is 12.9. The fourth-order valence-corrected chi connectivity index (χ4v) is 6.08. The van der Waals surface area contributed by atoms with Crippen LogP contribution in [0, 0.1) is 0 Å². The predicted octanol–water partition coefficient (Wildman–Crippen LogP) is 2.96. The number of aromatic nitrogens is 2. The molecular weight excluding hydrogens is 480 g/mol. The van der Waals surface area contributed by atoms with Crippen LogP contribution in [0.25, 0.3) is 11.5 Å². The van der Waals surface area contributed by atoms with Gasteiger partial charge in [-0.1, -0.05) is 11.5 Å². The number of carbonyl (C=O) groups is 1. The summed E-state index contributed by atoms with van der Waals surface area (Å²) in [6, 6.07) is 11.4. The number of anilines is 1. The van der Waals surface area contributed by atoms with Gasteiger partial charge in [0.05, 0.1) is 9.79 Å². The van der Waals surface area contributed by atoms with Gasteiger partial charge in [-0.05, 0) is 68.3 Å². The van der Waals surface area contributed by atoms with Crippen LogP contribution < -0.4 is 5.32 Å². The van der Waals surface area contributed by atoms with Gasteiger partial charge in [-0.2, -0.15) is 4.31 Å². The van der Waals surface area contributed by atoms with Crippen LogP contribution >= 0.6 is 0 Å². The number of sulfone groups is 1. The Morgan fingerprint density at radius 2 is 1.62 bits per heavy atom. The van der Waals surface area contributed by atoms with Crippen molar-refractivity contribution in [1.82, 2.24) is 14.5 Å². The van der Waals surface area contributed by atoms with E-state index in [9.17, 15) is 21.6 Å². The van der Waals surface area contributed by atoms with Gasteiger partial charge in [0.2, 0.25) is 15.9 Å². The standard InChI is InChI=1S/C22H24N4O6S2/c1-15-5-3-4-14-26(15)34(30,31)19-12-6-16(7-13-19)20(27)23-22-25-24-21(32-22)17-8-10-18(11-9-17)33(2,28)29/h6-13,15H,3-5,14H2,1-2H3,(H,23,25,27). The van der Waals surface area contributed by atoms with Crippen molar-refractivity contribution in [1.29, 1.82) is 0 Å². The zero-order chi connectivity index (χ0) is 24.5. The van der Waals surface area contributed by atoms with E-state index in [1.807, 2.05) is 6.92 Å². The van der Waals surface area contributed by atoms with Crippen LogP contribution in [-0.4, -0.2) is 56.1 Å². The summed E-state index contributed by atoms with van der Waals surface area (Å²) in [4.78, 5) is 12.9. The molecule has 0 saturated carbocycles. The molecule has 2 heterocycles. The summed E-state index contributed by atoms with van der Waals surface area (Å²) in [5.74, 6) is -0.439. The zero-order valence-electron chi connectivity index (χ0n) is 18.6. The number of nitrogens with one attached hydrogen (secondary N) is 1. The van der Waals surface area contributed by atoms with Crippen LogP contribution in [0.3, 0.4) is 0 Å². The van der Waals surface area contributed by atoms with Crippen molar-refractivity contribution in [2.75, 3.05) is 18.1 Å². The van der Waals surface area contributed by atoms with Crippen LogP contribution in [0.15, 0.2) is 62.7 Å². The number of sulfonamides is 1. The maximum atomic E-state index is 12.9. The number of amides is 1. The van der Waals surface area contributed by atoms with Crippen LogP contribution in [0.4, 0.5) is 6.01 Å². The number of hydrogen-bond acceptors (Lipinski definition) is 8. The molecule has 1 aromatic heterocycles. The lowest BCUT2D eigenvalue weighted by Gasteiger charge is -2.32. The zero-order valence-corrected chi connectivity index (χ0v) is 20.3. The van der Waals surface area contributed by atoms with E-state index < -0.39 is 25.8 Å². The van der Waals surface area contributed by atoms with E-state index in [2.05, 4.69) is 15.5 Å². The molecule has 4 rings (SSSR count). The van der Waals surface area contributed by atoms with E-state index in [1.54, 1.807) is 0 Å². The number of benzene rings is 2. The average molecular weight is 505 g/mol. The van der Waals surface area contributed by atoms with Crippen molar-refractivity contribution in [3.8, 4) is 11.5 Å². The third-order valence-corrected chi connectivity index (χ3v) is 8.80. The quantitative estimate of drug-likeness (QED) is 0.540. The molecule has 1 fully saturated rings. The van der Waals surface area contributed by atoms with Crippen LogP contribution in [-0.2, 0) is 19.9 Å². The first-order valence-electron chi connectivity index (χ1n) is 10.6. The first kappa shape index (κ1) is 24.0. The Kier molecular flexibility index (Phi) is 6.56.